The van der Waals surface area contributed by atoms with E-state index in [4.69, 9.17) is 4.74 Å². The molecule has 32 heavy (non-hydrogen) atoms. The van der Waals surface area contributed by atoms with Crippen LogP contribution in [0.2, 0.25) is 0 Å². The van der Waals surface area contributed by atoms with Crippen molar-refractivity contribution >= 4 is 23.1 Å². The van der Waals surface area contributed by atoms with Crippen molar-refractivity contribution in [3.8, 4) is 5.75 Å². The van der Waals surface area contributed by atoms with Crippen LogP contribution in [0.15, 0.2) is 54.7 Å². The molecule has 1 saturated carbocycles. The Morgan fingerprint density at radius 3 is 2.19 bits per heavy atom. The number of ether oxygens (including phenoxy) is 1. The molecule has 0 amide bonds. The van der Waals surface area contributed by atoms with E-state index >= 15 is 0 Å². The van der Waals surface area contributed by atoms with Gasteiger partial charge in [0.1, 0.15) is 17.1 Å². The van der Waals surface area contributed by atoms with Crippen molar-refractivity contribution in [2.24, 2.45) is 0 Å². The molecule has 0 aliphatic heterocycles. The number of halogens is 3. The molecule has 168 valence electrons. The van der Waals surface area contributed by atoms with Crippen LogP contribution in [0.25, 0.3) is 0 Å². The second kappa shape index (κ2) is 9.46. The number of hydrogen-bond acceptors (Lipinski definition) is 5. The number of aromatic nitrogens is 2. The minimum atomic E-state index is -4.59. The van der Waals surface area contributed by atoms with Gasteiger partial charge in [-0.2, -0.15) is 18.2 Å². The predicted octanol–water partition coefficient (Wildman–Crippen LogP) is 7.04. The zero-order chi connectivity index (χ0) is 22.6. The molecule has 3 aromatic rings. The zero-order valence-corrected chi connectivity index (χ0v) is 17.7. The summed E-state index contributed by atoms with van der Waals surface area (Å²) in [6, 6.07) is 14.6. The van der Waals surface area contributed by atoms with Crippen LogP contribution in [0, 0.1) is 0 Å². The molecule has 0 saturated heterocycles. The molecule has 0 atom stereocenters. The second-order valence-electron chi connectivity index (χ2n) is 7.76. The first-order valence-electron chi connectivity index (χ1n) is 10.7. The van der Waals surface area contributed by atoms with Crippen LogP contribution in [-0.4, -0.2) is 16.6 Å². The third-order valence-electron chi connectivity index (χ3n) is 5.52. The number of alkyl halides is 3. The number of nitrogens with one attached hydrogen (secondary N) is 2. The van der Waals surface area contributed by atoms with Gasteiger partial charge in [-0.3, -0.25) is 0 Å². The standard InChI is InChI=1S/C24H25F3N4O/c1-2-32-20-13-11-18(12-14-20)29-22-21(24(25,26)27)15-28-23(31-22)30-19-9-7-17(8-10-19)16-5-3-4-6-16/h7-16H,2-6H2,1H3,(H2,28,29,30,31). The fourth-order valence-electron chi connectivity index (χ4n) is 3.91. The van der Waals surface area contributed by atoms with Crippen molar-refractivity contribution < 1.29 is 17.9 Å². The molecule has 0 unspecified atom stereocenters. The summed E-state index contributed by atoms with van der Waals surface area (Å²) in [6.07, 6.45) is 1.13. The number of benzene rings is 2. The smallest absolute Gasteiger partial charge is 0.421 e. The van der Waals surface area contributed by atoms with E-state index < -0.39 is 11.7 Å². The van der Waals surface area contributed by atoms with Crippen LogP contribution < -0.4 is 15.4 Å². The van der Waals surface area contributed by atoms with Crippen LogP contribution in [0.5, 0.6) is 5.75 Å². The fraction of sp³-hybridized carbons (Fsp3) is 0.333. The first-order chi connectivity index (χ1) is 15.4. The third kappa shape index (κ3) is 5.30. The molecule has 2 aromatic carbocycles. The normalized spacial score (nSPS) is 14.4. The van der Waals surface area contributed by atoms with E-state index in [1.807, 2.05) is 19.1 Å². The summed E-state index contributed by atoms with van der Waals surface area (Å²) in [5.41, 5.74) is 1.54. The van der Waals surface area contributed by atoms with Crippen molar-refractivity contribution in [2.45, 2.75) is 44.7 Å². The molecule has 8 heteroatoms. The monoisotopic (exact) mass is 442 g/mol. The van der Waals surface area contributed by atoms with Gasteiger partial charge < -0.3 is 15.4 Å². The second-order valence-corrected chi connectivity index (χ2v) is 7.76. The SMILES string of the molecule is CCOc1ccc(Nc2nc(Nc3ccc(C4CCCC4)cc3)ncc2C(F)(F)F)cc1. The van der Waals surface area contributed by atoms with Gasteiger partial charge in [-0.15, -0.1) is 0 Å². The van der Waals surface area contributed by atoms with E-state index in [-0.39, 0.29) is 11.8 Å². The first kappa shape index (κ1) is 21.9. The Kier molecular flexibility index (Phi) is 6.48. The molecule has 0 spiro atoms. The lowest BCUT2D eigenvalue weighted by molar-refractivity contribution is -0.137. The quantitative estimate of drug-likeness (QED) is 0.411. The highest BCUT2D eigenvalue weighted by atomic mass is 19.4. The topological polar surface area (TPSA) is 59.1 Å². The van der Waals surface area contributed by atoms with E-state index in [2.05, 4.69) is 32.7 Å². The zero-order valence-electron chi connectivity index (χ0n) is 17.7. The molecule has 1 aliphatic carbocycles. The van der Waals surface area contributed by atoms with E-state index in [1.165, 1.54) is 31.2 Å². The van der Waals surface area contributed by atoms with Gasteiger partial charge in [-0.25, -0.2) is 4.98 Å². The van der Waals surface area contributed by atoms with E-state index in [9.17, 15) is 13.2 Å². The van der Waals surface area contributed by atoms with Crippen LogP contribution in [0.4, 0.5) is 36.3 Å². The van der Waals surface area contributed by atoms with Crippen molar-refractivity contribution in [3.63, 3.8) is 0 Å². The molecule has 1 heterocycles. The third-order valence-corrected chi connectivity index (χ3v) is 5.52. The van der Waals surface area contributed by atoms with E-state index in [0.717, 1.165) is 11.9 Å². The Balaban J connectivity index is 1.54. The maximum absolute atomic E-state index is 13.5. The van der Waals surface area contributed by atoms with Gasteiger partial charge in [0.2, 0.25) is 5.95 Å². The summed E-state index contributed by atoms with van der Waals surface area (Å²) in [5.74, 6) is 0.998. The summed E-state index contributed by atoms with van der Waals surface area (Å²) >= 11 is 0. The van der Waals surface area contributed by atoms with Gasteiger partial charge in [-0.1, -0.05) is 25.0 Å². The summed E-state index contributed by atoms with van der Waals surface area (Å²) in [5, 5.41) is 5.76. The van der Waals surface area contributed by atoms with Crippen LogP contribution in [0.3, 0.4) is 0 Å². The van der Waals surface area contributed by atoms with Crippen molar-refractivity contribution in [1.82, 2.24) is 9.97 Å². The van der Waals surface area contributed by atoms with Gasteiger partial charge in [0.15, 0.2) is 0 Å². The van der Waals surface area contributed by atoms with Gasteiger partial charge >= 0.3 is 6.18 Å². The van der Waals surface area contributed by atoms with Gasteiger partial charge in [0.05, 0.1) is 6.61 Å². The van der Waals surface area contributed by atoms with Crippen molar-refractivity contribution in [1.29, 1.82) is 0 Å². The highest BCUT2D eigenvalue weighted by molar-refractivity contribution is 5.63. The van der Waals surface area contributed by atoms with Gasteiger partial charge in [-0.05, 0) is 67.6 Å². The van der Waals surface area contributed by atoms with Crippen LogP contribution >= 0.6 is 0 Å². The number of hydrogen-bond donors (Lipinski definition) is 2. The highest BCUT2D eigenvalue weighted by Gasteiger charge is 2.35. The Hall–Kier alpha value is -3.29. The maximum atomic E-state index is 13.5. The van der Waals surface area contributed by atoms with Crippen molar-refractivity contribution in [2.75, 3.05) is 17.2 Å². The van der Waals surface area contributed by atoms with Crippen molar-refractivity contribution in [3.05, 3.63) is 65.9 Å². The first-order valence-corrected chi connectivity index (χ1v) is 10.7. The van der Waals surface area contributed by atoms with Gasteiger partial charge in [0, 0.05) is 17.6 Å². The lowest BCUT2D eigenvalue weighted by atomic mass is 9.98. The lowest BCUT2D eigenvalue weighted by Gasteiger charge is -2.15. The summed E-state index contributed by atoms with van der Waals surface area (Å²) in [4.78, 5) is 7.98. The van der Waals surface area contributed by atoms with Crippen LogP contribution in [-0.2, 0) is 6.18 Å². The average molecular weight is 442 g/mol. The summed E-state index contributed by atoms with van der Waals surface area (Å²) in [7, 11) is 0. The minimum Gasteiger partial charge on any atom is -0.494 e. The average Bonchev–Trinajstić information content (AvgIpc) is 3.30. The molecular weight excluding hydrogens is 417 g/mol. The lowest BCUT2D eigenvalue weighted by Crippen LogP contribution is -2.12. The number of anilines is 4. The summed E-state index contributed by atoms with van der Waals surface area (Å²) in [6.45, 7) is 2.37. The van der Waals surface area contributed by atoms with E-state index in [1.54, 1.807) is 24.3 Å². The number of rotatable bonds is 7. The Labute approximate surface area is 185 Å². The largest absolute Gasteiger partial charge is 0.494 e. The Morgan fingerprint density at radius 2 is 1.56 bits per heavy atom. The molecule has 1 fully saturated rings. The summed E-state index contributed by atoms with van der Waals surface area (Å²) < 4.78 is 45.9. The molecule has 4 rings (SSSR count). The predicted molar refractivity (Wildman–Crippen MR) is 119 cm³/mol. The molecule has 5 nitrogen and oxygen atoms in total. The highest BCUT2D eigenvalue weighted by Crippen LogP contribution is 2.36. The fourth-order valence-corrected chi connectivity index (χ4v) is 3.91. The van der Waals surface area contributed by atoms with Gasteiger partial charge in [0.25, 0.3) is 0 Å². The molecular formula is C24H25F3N4O. The van der Waals surface area contributed by atoms with E-state index in [0.29, 0.717) is 24.0 Å². The molecule has 0 bridgehead atoms. The Bertz CT molecular complexity index is 1030. The molecule has 1 aromatic heterocycles. The Morgan fingerprint density at radius 1 is 0.938 bits per heavy atom. The molecule has 0 radical (unpaired) electrons. The maximum Gasteiger partial charge on any atom is 0.421 e. The van der Waals surface area contributed by atoms with Crippen LogP contribution in [0.1, 0.15) is 49.7 Å². The molecule has 2 N–H and O–H groups in total. The molecule has 1 aliphatic rings. The minimum absolute atomic E-state index is 0.0834. The number of nitrogens with zero attached hydrogens (tertiary/aromatic N) is 2.